The molecule has 2 aromatic carbocycles. The predicted molar refractivity (Wildman–Crippen MR) is 142 cm³/mol. The van der Waals surface area contributed by atoms with Gasteiger partial charge in [-0.15, -0.1) is 0 Å². The fourth-order valence-electron chi connectivity index (χ4n) is 4.81. The second-order valence-electron chi connectivity index (χ2n) is 9.62. The maximum Gasteiger partial charge on any atom is 0.277 e. The van der Waals surface area contributed by atoms with Crippen molar-refractivity contribution in [1.82, 2.24) is 19.3 Å². The minimum absolute atomic E-state index is 0.0302. The number of nitrogens with zero attached hydrogens (tertiary/aromatic N) is 5. The van der Waals surface area contributed by atoms with Crippen LogP contribution in [0.15, 0.2) is 41.2 Å². The summed E-state index contributed by atoms with van der Waals surface area (Å²) in [5.41, 5.74) is 6.97. The minimum Gasteiger partial charge on any atom is -0.366 e. The lowest BCUT2D eigenvalue weighted by molar-refractivity contribution is 0.102. The van der Waals surface area contributed by atoms with Crippen LogP contribution in [0.25, 0.3) is 16.7 Å². The van der Waals surface area contributed by atoms with Crippen LogP contribution in [-0.4, -0.2) is 44.4 Å². The first-order valence-electron chi connectivity index (χ1n) is 12.1. The molecular weight excluding hydrogens is 516 g/mol. The Morgan fingerprint density at radius 2 is 1.89 bits per heavy atom. The molecule has 1 aliphatic rings. The standard InChI is InChI=1S/C26H26ClF2N7O2/c1-13(2)25-32-22-19(34(25)3)8-7-18(24(22)35-10-9-14(30)12-35)31-26(38)21-15(27)11-20(37)36(33-21)23-16(28)5-4-6-17(23)29/h4-8,11,13-14H,9-10,12,30H2,1-3H3,(H,31,38)/t14-/m1/s1. The molecule has 1 atom stereocenters. The Hall–Kier alpha value is -3.83. The number of nitrogens with one attached hydrogen (secondary N) is 1. The van der Waals surface area contributed by atoms with Gasteiger partial charge in [0, 0.05) is 38.2 Å². The van der Waals surface area contributed by atoms with Crippen LogP contribution in [0.4, 0.5) is 20.2 Å². The average Bonchev–Trinajstić information content (AvgIpc) is 3.43. The van der Waals surface area contributed by atoms with Crippen molar-refractivity contribution in [3.8, 4) is 5.69 Å². The lowest BCUT2D eigenvalue weighted by atomic mass is 10.2. The number of carbonyl (C=O) groups is 1. The maximum absolute atomic E-state index is 14.4. The Morgan fingerprint density at radius 1 is 1.18 bits per heavy atom. The summed E-state index contributed by atoms with van der Waals surface area (Å²) in [5.74, 6) is -1.73. The minimum atomic E-state index is -1.01. The lowest BCUT2D eigenvalue weighted by Crippen LogP contribution is -2.29. The Kier molecular flexibility index (Phi) is 6.66. The fraction of sp³-hybridized carbons (Fsp3) is 0.308. The first-order valence-corrected chi connectivity index (χ1v) is 12.5. The zero-order valence-corrected chi connectivity index (χ0v) is 21.8. The highest BCUT2D eigenvalue weighted by molar-refractivity contribution is 6.34. The summed E-state index contributed by atoms with van der Waals surface area (Å²) in [7, 11) is 1.94. The molecule has 9 nitrogen and oxygen atoms in total. The van der Waals surface area contributed by atoms with E-state index in [1.807, 2.05) is 17.7 Å². The van der Waals surface area contributed by atoms with Crippen molar-refractivity contribution in [1.29, 1.82) is 0 Å². The van der Waals surface area contributed by atoms with Gasteiger partial charge in [-0.25, -0.2) is 13.8 Å². The second-order valence-corrected chi connectivity index (χ2v) is 10.0. The highest BCUT2D eigenvalue weighted by Crippen LogP contribution is 2.37. The molecule has 0 spiro atoms. The largest absolute Gasteiger partial charge is 0.366 e. The molecule has 0 unspecified atom stereocenters. The van der Waals surface area contributed by atoms with Gasteiger partial charge < -0.3 is 20.5 Å². The maximum atomic E-state index is 14.4. The molecule has 0 bridgehead atoms. The van der Waals surface area contributed by atoms with Gasteiger partial charge in [0.2, 0.25) is 0 Å². The zero-order chi connectivity index (χ0) is 27.3. The Morgan fingerprint density at radius 3 is 2.53 bits per heavy atom. The molecule has 0 aliphatic carbocycles. The average molecular weight is 542 g/mol. The van der Waals surface area contributed by atoms with Crippen molar-refractivity contribution in [2.75, 3.05) is 23.3 Å². The van der Waals surface area contributed by atoms with Gasteiger partial charge in [-0.2, -0.15) is 9.78 Å². The molecule has 0 radical (unpaired) electrons. The molecule has 1 amide bonds. The van der Waals surface area contributed by atoms with Crippen molar-refractivity contribution in [2.24, 2.45) is 12.8 Å². The van der Waals surface area contributed by atoms with Gasteiger partial charge >= 0.3 is 0 Å². The van der Waals surface area contributed by atoms with E-state index >= 15 is 0 Å². The van der Waals surface area contributed by atoms with Gasteiger partial charge in [0.25, 0.3) is 11.5 Å². The molecule has 38 heavy (non-hydrogen) atoms. The Labute approximate surface area is 221 Å². The van der Waals surface area contributed by atoms with Crippen molar-refractivity contribution < 1.29 is 13.6 Å². The van der Waals surface area contributed by atoms with Gasteiger partial charge in [0.1, 0.15) is 17.0 Å². The molecule has 2 aromatic heterocycles. The van der Waals surface area contributed by atoms with E-state index in [1.165, 1.54) is 0 Å². The van der Waals surface area contributed by atoms with E-state index in [0.717, 1.165) is 42.0 Å². The number of nitrogens with two attached hydrogens (primary N) is 1. The molecule has 1 aliphatic heterocycles. The summed E-state index contributed by atoms with van der Waals surface area (Å²) < 4.78 is 31.3. The third-order valence-electron chi connectivity index (χ3n) is 6.62. The van der Waals surface area contributed by atoms with Gasteiger partial charge in [-0.1, -0.05) is 31.5 Å². The smallest absolute Gasteiger partial charge is 0.277 e. The lowest BCUT2D eigenvalue weighted by Gasteiger charge is -2.22. The van der Waals surface area contributed by atoms with E-state index in [0.29, 0.717) is 34.7 Å². The van der Waals surface area contributed by atoms with Crippen LogP contribution in [-0.2, 0) is 7.05 Å². The van der Waals surface area contributed by atoms with Crippen LogP contribution >= 0.6 is 11.6 Å². The third kappa shape index (κ3) is 4.41. The monoisotopic (exact) mass is 541 g/mol. The summed E-state index contributed by atoms with van der Waals surface area (Å²) in [6, 6.07) is 7.61. The molecule has 3 N–H and O–H groups in total. The van der Waals surface area contributed by atoms with Crippen LogP contribution < -0.4 is 21.5 Å². The van der Waals surface area contributed by atoms with E-state index in [1.54, 1.807) is 6.07 Å². The Balaban J connectivity index is 1.61. The number of hydrogen-bond acceptors (Lipinski definition) is 6. The zero-order valence-electron chi connectivity index (χ0n) is 21.0. The molecule has 1 saturated heterocycles. The van der Waals surface area contributed by atoms with Crippen molar-refractivity contribution in [3.63, 3.8) is 0 Å². The van der Waals surface area contributed by atoms with Crippen LogP contribution in [0.2, 0.25) is 5.02 Å². The molecular formula is C26H26ClF2N7O2. The number of fused-ring (bicyclic) bond motifs is 1. The van der Waals surface area contributed by atoms with E-state index in [-0.39, 0.29) is 22.7 Å². The van der Waals surface area contributed by atoms with Crippen LogP contribution in [0, 0.1) is 11.6 Å². The number of aromatic nitrogens is 4. The number of imidazole rings is 1. The third-order valence-corrected chi connectivity index (χ3v) is 6.90. The number of hydrogen-bond donors (Lipinski definition) is 2. The van der Waals surface area contributed by atoms with E-state index in [2.05, 4.69) is 29.2 Å². The molecule has 1 fully saturated rings. The number of amides is 1. The molecule has 0 saturated carbocycles. The van der Waals surface area contributed by atoms with E-state index in [4.69, 9.17) is 22.3 Å². The molecule has 198 valence electrons. The number of halogens is 3. The summed E-state index contributed by atoms with van der Waals surface area (Å²) in [5, 5.41) is 6.49. The van der Waals surface area contributed by atoms with Crippen LogP contribution in [0.3, 0.4) is 0 Å². The second kappa shape index (κ2) is 9.80. The van der Waals surface area contributed by atoms with Crippen molar-refractivity contribution in [3.05, 3.63) is 74.9 Å². The normalized spacial score (nSPS) is 15.6. The number of anilines is 2. The van der Waals surface area contributed by atoms with Crippen molar-refractivity contribution >= 4 is 39.9 Å². The van der Waals surface area contributed by atoms with Crippen LogP contribution in [0.1, 0.15) is 42.5 Å². The predicted octanol–water partition coefficient (Wildman–Crippen LogP) is 3.96. The van der Waals surface area contributed by atoms with Gasteiger partial charge in [0.15, 0.2) is 17.3 Å². The SMILES string of the molecule is CC(C)c1nc2c(N3CC[C@@H](N)C3)c(NC(=O)c3nn(-c4c(F)cccc4F)c(=O)cc3Cl)ccc2n1C. The highest BCUT2D eigenvalue weighted by atomic mass is 35.5. The fourth-order valence-corrected chi connectivity index (χ4v) is 5.03. The highest BCUT2D eigenvalue weighted by Gasteiger charge is 2.28. The number of benzene rings is 2. The molecule has 12 heteroatoms. The van der Waals surface area contributed by atoms with Crippen molar-refractivity contribution in [2.45, 2.75) is 32.2 Å². The Bertz CT molecular complexity index is 1610. The summed E-state index contributed by atoms with van der Waals surface area (Å²) in [6.07, 6.45) is 0.778. The topological polar surface area (TPSA) is 111 Å². The van der Waals surface area contributed by atoms with Gasteiger partial charge in [0.05, 0.1) is 21.9 Å². The number of rotatable bonds is 5. The number of para-hydroxylation sites is 1. The first-order chi connectivity index (χ1) is 18.1. The number of carbonyl (C=O) groups excluding carboxylic acids is 1. The molecule has 3 heterocycles. The summed E-state index contributed by atoms with van der Waals surface area (Å²) >= 11 is 6.20. The van der Waals surface area contributed by atoms with E-state index < -0.39 is 28.8 Å². The number of aryl methyl sites for hydroxylation is 1. The first kappa shape index (κ1) is 25.8. The van der Waals surface area contributed by atoms with Gasteiger partial charge in [-0.05, 0) is 30.7 Å². The summed E-state index contributed by atoms with van der Waals surface area (Å²) in [6.45, 7) is 5.35. The quantitative estimate of drug-likeness (QED) is 0.395. The van der Waals surface area contributed by atoms with Crippen LogP contribution in [0.5, 0.6) is 0 Å². The van der Waals surface area contributed by atoms with Gasteiger partial charge in [-0.3, -0.25) is 9.59 Å². The summed E-state index contributed by atoms with van der Waals surface area (Å²) in [4.78, 5) is 32.9. The molecule has 4 aromatic rings. The molecule has 5 rings (SSSR count). The van der Waals surface area contributed by atoms with E-state index in [9.17, 15) is 18.4 Å².